The number of aliphatic hydroxyl groups is 1. The van der Waals surface area contributed by atoms with Crippen molar-refractivity contribution in [3.63, 3.8) is 0 Å². The molecule has 17 heavy (non-hydrogen) atoms. The predicted octanol–water partition coefficient (Wildman–Crippen LogP) is 1.74. The van der Waals surface area contributed by atoms with Gasteiger partial charge in [0.2, 0.25) is 0 Å². The van der Waals surface area contributed by atoms with Gasteiger partial charge >= 0.3 is 0 Å². The third-order valence-electron chi connectivity index (χ3n) is 5.10. The molecule has 2 aliphatic carbocycles. The Bertz CT molecular complexity index is 259. The molecule has 0 aromatic heterocycles. The largest absolute Gasteiger partial charge is 0.394 e. The molecule has 4 unspecified atom stereocenters. The van der Waals surface area contributed by atoms with Gasteiger partial charge in [-0.2, -0.15) is 0 Å². The summed E-state index contributed by atoms with van der Waals surface area (Å²) in [6, 6.07) is 1.31. The van der Waals surface area contributed by atoms with Crippen molar-refractivity contribution in [3.05, 3.63) is 0 Å². The van der Waals surface area contributed by atoms with Crippen LogP contribution >= 0.6 is 0 Å². The lowest BCUT2D eigenvalue weighted by atomic mass is 9.84. The molecule has 0 bridgehead atoms. The van der Waals surface area contributed by atoms with E-state index in [4.69, 9.17) is 5.73 Å². The molecule has 100 valence electrons. The van der Waals surface area contributed by atoms with Gasteiger partial charge in [-0.25, -0.2) is 0 Å². The van der Waals surface area contributed by atoms with E-state index in [2.05, 4.69) is 18.9 Å². The molecule has 0 spiro atoms. The van der Waals surface area contributed by atoms with Crippen LogP contribution in [0.25, 0.3) is 0 Å². The summed E-state index contributed by atoms with van der Waals surface area (Å²) in [5.74, 6) is 0.815. The first-order valence-corrected chi connectivity index (χ1v) is 7.17. The van der Waals surface area contributed by atoms with Crippen molar-refractivity contribution >= 4 is 0 Å². The van der Waals surface area contributed by atoms with Crippen LogP contribution in [0, 0.1) is 5.92 Å². The van der Waals surface area contributed by atoms with E-state index in [0.29, 0.717) is 6.04 Å². The van der Waals surface area contributed by atoms with Gasteiger partial charge in [-0.1, -0.05) is 19.8 Å². The Morgan fingerprint density at radius 2 is 2.00 bits per heavy atom. The fraction of sp³-hybridized carbons (Fsp3) is 1.00. The van der Waals surface area contributed by atoms with Crippen molar-refractivity contribution in [3.8, 4) is 0 Å². The summed E-state index contributed by atoms with van der Waals surface area (Å²) < 4.78 is 0. The minimum atomic E-state index is -0.309. The van der Waals surface area contributed by atoms with E-state index in [-0.39, 0.29) is 12.1 Å². The van der Waals surface area contributed by atoms with E-state index >= 15 is 0 Å². The molecule has 2 aliphatic rings. The van der Waals surface area contributed by atoms with Crippen LogP contribution in [-0.2, 0) is 0 Å². The zero-order valence-electron chi connectivity index (χ0n) is 11.4. The van der Waals surface area contributed by atoms with Crippen LogP contribution in [-0.4, -0.2) is 41.3 Å². The summed E-state index contributed by atoms with van der Waals surface area (Å²) in [7, 11) is 2.26. The molecule has 0 aromatic carbocycles. The Balaban J connectivity index is 1.94. The molecule has 0 saturated heterocycles. The molecule has 0 aromatic rings. The van der Waals surface area contributed by atoms with Gasteiger partial charge in [-0.3, -0.25) is 0 Å². The summed E-state index contributed by atoms with van der Waals surface area (Å²) in [5.41, 5.74) is 5.87. The third-order valence-corrected chi connectivity index (χ3v) is 5.10. The Labute approximate surface area is 105 Å². The van der Waals surface area contributed by atoms with E-state index in [1.165, 1.54) is 25.7 Å². The van der Waals surface area contributed by atoms with Crippen molar-refractivity contribution in [2.75, 3.05) is 13.7 Å². The first-order chi connectivity index (χ1) is 8.06. The number of nitrogens with two attached hydrogens (primary N) is 1. The van der Waals surface area contributed by atoms with Crippen LogP contribution in [0.2, 0.25) is 0 Å². The summed E-state index contributed by atoms with van der Waals surface area (Å²) in [6.45, 7) is 2.52. The minimum Gasteiger partial charge on any atom is -0.394 e. The van der Waals surface area contributed by atoms with Gasteiger partial charge < -0.3 is 15.7 Å². The van der Waals surface area contributed by atoms with Gasteiger partial charge in [0.05, 0.1) is 6.61 Å². The Morgan fingerprint density at radius 1 is 1.29 bits per heavy atom. The number of nitrogens with zero attached hydrogens (tertiary/aromatic N) is 1. The highest BCUT2D eigenvalue weighted by Gasteiger charge is 2.39. The van der Waals surface area contributed by atoms with Gasteiger partial charge in [0.1, 0.15) is 0 Å². The van der Waals surface area contributed by atoms with E-state index in [9.17, 15) is 5.11 Å². The van der Waals surface area contributed by atoms with Crippen molar-refractivity contribution < 1.29 is 5.11 Å². The predicted molar refractivity (Wildman–Crippen MR) is 70.8 cm³/mol. The second kappa shape index (κ2) is 5.25. The maximum absolute atomic E-state index is 9.34. The van der Waals surface area contributed by atoms with E-state index in [1.807, 2.05) is 0 Å². The molecule has 2 fully saturated rings. The number of aliphatic hydroxyl groups excluding tert-OH is 1. The molecule has 0 radical (unpaired) electrons. The number of rotatable bonds is 3. The van der Waals surface area contributed by atoms with Crippen LogP contribution < -0.4 is 5.73 Å². The van der Waals surface area contributed by atoms with Crippen LogP contribution in [0.5, 0.6) is 0 Å². The lowest BCUT2D eigenvalue weighted by Crippen LogP contribution is -2.47. The molecule has 2 saturated carbocycles. The lowest BCUT2D eigenvalue weighted by Gasteiger charge is -2.40. The zero-order chi connectivity index (χ0) is 12.5. The number of hydrogen-bond donors (Lipinski definition) is 2. The summed E-state index contributed by atoms with van der Waals surface area (Å²) >= 11 is 0. The fourth-order valence-electron chi connectivity index (χ4n) is 3.79. The van der Waals surface area contributed by atoms with Gasteiger partial charge in [0, 0.05) is 17.6 Å². The lowest BCUT2D eigenvalue weighted by molar-refractivity contribution is 0.0919. The molecule has 2 rings (SSSR count). The molecular weight excluding hydrogens is 212 g/mol. The second-order valence-electron chi connectivity index (χ2n) is 6.41. The van der Waals surface area contributed by atoms with Crippen molar-refractivity contribution in [1.29, 1.82) is 0 Å². The first kappa shape index (κ1) is 13.3. The topological polar surface area (TPSA) is 49.5 Å². The molecule has 4 atom stereocenters. The summed E-state index contributed by atoms with van der Waals surface area (Å²) in [4.78, 5) is 2.56. The third kappa shape index (κ3) is 2.83. The van der Waals surface area contributed by atoms with Crippen LogP contribution in [0.4, 0.5) is 0 Å². The fourth-order valence-corrected chi connectivity index (χ4v) is 3.79. The quantitative estimate of drug-likeness (QED) is 0.790. The standard InChI is InChI=1S/C14H28N2O/c1-11-5-3-4-6-13(11)16(2)12-7-8-14(15,9-12)10-17/h11-13,17H,3-10,15H2,1-2H3. The monoisotopic (exact) mass is 240 g/mol. The van der Waals surface area contributed by atoms with Crippen LogP contribution in [0.3, 0.4) is 0 Å². The molecular formula is C14H28N2O. The van der Waals surface area contributed by atoms with Gasteiger partial charge in [0.15, 0.2) is 0 Å². The zero-order valence-corrected chi connectivity index (χ0v) is 11.4. The average Bonchev–Trinajstić information content (AvgIpc) is 2.73. The van der Waals surface area contributed by atoms with E-state index in [0.717, 1.165) is 31.2 Å². The maximum Gasteiger partial charge on any atom is 0.0611 e. The van der Waals surface area contributed by atoms with Crippen molar-refractivity contribution in [1.82, 2.24) is 4.90 Å². The van der Waals surface area contributed by atoms with E-state index in [1.54, 1.807) is 0 Å². The Morgan fingerprint density at radius 3 is 2.59 bits per heavy atom. The maximum atomic E-state index is 9.34. The molecule has 0 heterocycles. The van der Waals surface area contributed by atoms with E-state index < -0.39 is 0 Å². The Hall–Kier alpha value is -0.120. The SMILES string of the molecule is CC1CCCCC1N(C)C1CCC(N)(CO)C1. The first-order valence-electron chi connectivity index (χ1n) is 7.17. The van der Waals surface area contributed by atoms with Gasteiger partial charge in [-0.05, 0) is 45.1 Å². The summed E-state index contributed by atoms with van der Waals surface area (Å²) in [6.07, 6.45) is 8.56. The molecule has 3 heteroatoms. The normalized spacial score (nSPS) is 43.2. The molecule has 3 nitrogen and oxygen atoms in total. The second-order valence-corrected chi connectivity index (χ2v) is 6.41. The highest BCUT2D eigenvalue weighted by Crippen LogP contribution is 2.35. The van der Waals surface area contributed by atoms with Crippen molar-refractivity contribution in [2.45, 2.75) is 69.5 Å². The van der Waals surface area contributed by atoms with Crippen molar-refractivity contribution in [2.24, 2.45) is 11.7 Å². The van der Waals surface area contributed by atoms with Crippen LogP contribution in [0.15, 0.2) is 0 Å². The Kier molecular flexibility index (Phi) is 4.11. The molecule has 3 N–H and O–H groups in total. The minimum absolute atomic E-state index is 0.136. The van der Waals surface area contributed by atoms with Gasteiger partial charge in [-0.15, -0.1) is 0 Å². The average molecular weight is 240 g/mol. The highest BCUT2D eigenvalue weighted by atomic mass is 16.3. The molecule has 0 aliphatic heterocycles. The summed E-state index contributed by atoms with van der Waals surface area (Å²) in [5, 5.41) is 9.34. The van der Waals surface area contributed by atoms with Gasteiger partial charge in [0.25, 0.3) is 0 Å². The van der Waals surface area contributed by atoms with Crippen LogP contribution in [0.1, 0.15) is 51.9 Å². The number of hydrogen-bond acceptors (Lipinski definition) is 3. The highest BCUT2D eigenvalue weighted by molar-refractivity contribution is 4.98. The smallest absolute Gasteiger partial charge is 0.0611 e. The molecule has 0 amide bonds.